The van der Waals surface area contributed by atoms with Gasteiger partial charge in [0, 0.05) is 19.8 Å². The maximum atomic E-state index is 12.9. The van der Waals surface area contributed by atoms with Crippen molar-refractivity contribution >= 4 is 17.7 Å². The largest absolute Gasteiger partial charge is 0.463 e. The van der Waals surface area contributed by atoms with Gasteiger partial charge in [0.2, 0.25) is 0 Å². The van der Waals surface area contributed by atoms with Gasteiger partial charge in [-0.05, 0) is 92.3 Å². The molecule has 4 aliphatic rings. The molecule has 4 rings (SSSR count). The number of hydrogen-bond donors (Lipinski definition) is 0. The predicted molar refractivity (Wildman–Crippen MR) is 112 cm³/mol. The molecule has 30 heavy (non-hydrogen) atoms. The van der Waals surface area contributed by atoms with Crippen LogP contribution in [-0.2, 0) is 23.9 Å². The number of esters is 2. The van der Waals surface area contributed by atoms with Crippen LogP contribution in [0.15, 0.2) is 0 Å². The monoisotopic (exact) mass is 418 g/mol. The Balaban J connectivity index is 1.48. The molecular formula is C25H38O5. The van der Waals surface area contributed by atoms with Gasteiger partial charge in [0.15, 0.2) is 5.78 Å². The zero-order valence-corrected chi connectivity index (χ0v) is 19.1. The van der Waals surface area contributed by atoms with Crippen molar-refractivity contribution in [2.75, 3.05) is 6.61 Å². The molecule has 0 amide bonds. The van der Waals surface area contributed by atoms with Crippen molar-refractivity contribution in [3.05, 3.63) is 0 Å². The summed E-state index contributed by atoms with van der Waals surface area (Å²) >= 11 is 0. The third-order valence-electron chi connectivity index (χ3n) is 9.76. The maximum absolute atomic E-state index is 12.9. The Labute approximate surface area is 180 Å². The number of carbonyl (C=O) groups excluding carboxylic acids is 3. The molecule has 4 saturated carbocycles. The summed E-state index contributed by atoms with van der Waals surface area (Å²) in [5.74, 6) is 2.29. The number of rotatable bonds is 4. The highest BCUT2D eigenvalue weighted by molar-refractivity contribution is 5.85. The fourth-order valence-electron chi connectivity index (χ4n) is 8.36. The van der Waals surface area contributed by atoms with Crippen LogP contribution in [-0.4, -0.2) is 30.4 Å². The Morgan fingerprint density at radius 3 is 2.23 bits per heavy atom. The van der Waals surface area contributed by atoms with Crippen LogP contribution in [0.25, 0.3) is 0 Å². The molecule has 5 heteroatoms. The Bertz CT molecular complexity index is 716. The van der Waals surface area contributed by atoms with Gasteiger partial charge in [0.1, 0.15) is 12.7 Å². The van der Waals surface area contributed by atoms with Crippen molar-refractivity contribution in [2.24, 2.45) is 40.4 Å². The average molecular weight is 419 g/mol. The number of ether oxygens (including phenoxy) is 2. The van der Waals surface area contributed by atoms with Crippen LogP contribution in [0.5, 0.6) is 0 Å². The minimum absolute atomic E-state index is 0.0352. The van der Waals surface area contributed by atoms with E-state index in [1.54, 1.807) is 0 Å². The molecule has 0 heterocycles. The van der Waals surface area contributed by atoms with Crippen LogP contribution < -0.4 is 0 Å². The Kier molecular flexibility index (Phi) is 5.78. The van der Waals surface area contributed by atoms with Crippen LogP contribution >= 0.6 is 0 Å². The molecule has 4 aliphatic carbocycles. The second-order valence-corrected chi connectivity index (χ2v) is 11.1. The van der Waals surface area contributed by atoms with E-state index in [9.17, 15) is 14.4 Å². The molecule has 168 valence electrons. The van der Waals surface area contributed by atoms with Crippen LogP contribution in [0.3, 0.4) is 0 Å². The standard InChI is InChI=1S/C25H38O5/c1-15(26)29-14-23(28)22-8-7-20-19-6-5-17-13-18(30-16(2)27)9-11-24(17,3)21(19)10-12-25(20,22)4/h17-22H,5-14H2,1-4H3/t17-,18-,19+,20+,21-,22-,24+,25+/m1/s1. The predicted octanol–water partition coefficient (Wildman–Crippen LogP) is 4.71. The Hall–Kier alpha value is -1.39. The topological polar surface area (TPSA) is 69.7 Å². The van der Waals surface area contributed by atoms with E-state index in [4.69, 9.17) is 9.47 Å². The molecule has 0 aliphatic heterocycles. The van der Waals surface area contributed by atoms with Crippen LogP contribution in [0.1, 0.15) is 85.5 Å². The summed E-state index contributed by atoms with van der Waals surface area (Å²) in [6, 6.07) is 0. The summed E-state index contributed by atoms with van der Waals surface area (Å²) in [5, 5.41) is 0. The molecule has 0 spiro atoms. The zero-order valence-electron chi connectivity index (χ0n) is 19.1. The van der Waals surface area contributed by atoms with E-state index in [1.165, 1.54) is 33.1 Å². The summed E-state index contributed by atoms with van der Waals surface area (Å²) in [4.78, 5) is 35.5. The highest BCUT2D eigenvalue weighted by atomic mass is 16.5. The minimum Gasteiger partial charge on any atom is -0.463 e. The number of carbonyl (C=O) groups is 3. The lowest BCUT2D eigenvalue weighted by atomic mass is 9.44. The van der Waals surface area contributed by atoms with E-state index in [-0.39, 0.29) is 41.8 Å². The van der Waals surface area contributed by atoms with Crippen molar-refractivity contribution in [1.82, 2.24) is 0 Å². The normalized spacial score (nSPS) is 44.9. The summed E-state index contributed by atoms with van der Waals surface area (Å²) in [6.07, 6.45) is 10.1. The molecule has 0 radical (unpaired) electrons. The maximum Gasteiger partial charge on any atom is 0.303 e. The van der Waals surface area contributed by atoms with E-state index in [0.717, 1.165) is 44.4 Å². The summed E-state index contributed by atoms with van der Waals surface area (Å²) in [7, 11) is 0. The van der Waals surface area contributed by atoms with Crippen molar-refractivity contribution in [3.63, 3.8) is 0 Å². The van der Waals surface area contributed by atoms with Gasteiger partial charge >= 0.3 is 11.9 Å². The van der Waals surface area contributed by atoms with Crippen LogP contribution in [0, 0.1) is 40.4 Å². The molecule has 0 aromatic heterocycles. The van der Waals surface area contributed by atoms with Gasteiger partial charge in [-0.2, -0.15) is 0 Å². The van der Waals surface area contributed by atoms with E-state index < -0.39 is 0 Å². The lowest BCUT2D eigenvalue weighted by Crippen LogP contribution is -2.54. The highest BCUT2D eigenvalue weighted by Gasteiger charge is 2.61. The molecule has 8 atom stereocenters. The fraction of sp³-hybridized carbons (Fsp3) is 0.880. The first-order valence-electron chi connectivity index (χ1n) is 12.0. The van der Waals surface area contributed by atoms with Crippen LogP contribution in [0.4, 0.5) is 0 Å². The van der Waals surface area contributed by atoms with Gasteiger partial charge in [-0.3, -0.25) is 14.4 Å². The number of fused-ring (bicyclic) bond motifs is 5. The lowest BCUT2D eigenvalue weighted by molar-refractivity contribution is -0.161. The molecule has 0 N–H and O–H groups in total. The number of hydrogen-bond acceptors (Lipinski definition) is 5. The van der Waals surface area contributed by atoms with E-state index in [0.29, 0.717) is 23.2 Å². The van der Waals surface area contributed by atoms with Gasteiger partial charge < -0.3 is 9.47 Å². The first-order chi connectivity index (χ1) is 14.1. The third kappa shape index (κ3) is 3.60. The first-order valence-corrected chi connectivity index (χ1v) is 12.0. The van der Waals surface area contributed by atoms with Crippen molar-refractivity contribution in [3.8, 4) is 0 Å². The van der Waals surface area contributed by atoms with Gasteiger partial charge in [-0.15, -0.1) is 0 Å². The third-order valence-corrected chi connectivity index (χ3v) is 9.76. The van der Waals surface area contributed by atoms with Gasteiger partial charge in [-0.1, -0.05) is 13.8 Å². The molecule has 4 fully saturated rings. The molecular weight excluding hydrogens is 380 g/mol. The second kappa shape index (κ2) is 7.94. The van der Waals surface area contributed by atoms with Crippen molar-refractivity contribution in [1.29, 1.82) is 0 Å². The molecule has 0 aromatic rings. The summed E-state index contributed by atoms with van der Waals surface area (Å²) in [6.45, 7) is 7.66. The van der Waals surface area contributed by atoms with Crippen molar-refractivity contribution in [2.45, 2.75) is 91.6 Å². The van der Waals surface area contributed by atoms with E-state index in [2.05, 4.69) is 13.8 Å². The Morgan fingerprint density at radius 2 is 1.53 bits per heavy atom. The van der Waals surface area contributed by atoms with Crippen molar-refractivity contribution < 1.29 is 23.9 Å². The zero-order chi connectivity index (χ0) is 21.7. The van der Waals surface area contributed by atoms with Gasteiger partial charge in [-0.25, -0.2) is 0 Å². The smallest absolute Gasteiger partial charge is 0.303 e. The highest BCUT2D eigenvalue weighted by Crippen LogP contribution is 2.67. The minimum atomic E-state index is -0.373. The van der Waals surface area contributed by atoms with Gasteiger partial charge in [0.05, 0.1) is 0 Å². The molecule has 0 unspecified atom stereocenters. The van der Waals surface area contributed by atoms with E-state index >= 15 is 0 Å². The quantitative estimate of drug-likeness (QED) is 0.619. The molecule has 0 saturated heterocycles. The number of Topliss-reactive ketones (excluding diaryl/α,β-unsaturated/α-hetero) is 1. The second-order valence-electron chi connectivity index (χ2n) is 11.1. The molecule has 0 aromatic carbocycles. The molecule has 5 nitrogen and oxygen atoms in total. The summed E-state index contributed by atoms with van der Waals surface area (Å²) in [5.41, 5.74) is 0.386. The summed E-state index contributed by atoms with van der Waals surface area (Å²) < 4.78 is 10.6. The Morgan fingerprint density at radius 1 is 0.833 bits per heavy atom. The van der Waals surface area contributed by atoms with Gasteiger partial charge in [0.25, 0.3) is 0 Å². The van der Waals surface area contributed by atoms with Crippen LogP contribution in [0.2, 0.25) is 0 Å². The molecule has 0 bridgehead atoms. The fourth-order valence-corrected chi connectivity index (χ4v) is 8.36. The lowest BCUT2D eigenvalue weighted by Gasteiger charge is -2.61. The SMILES string of the molecule is CC(=O)OCC(=O)[C@H]1CC[C@H]2[C@@H]3CC[C@@H]4C[C@H](OC(C)=O)CC[C@]4(C)[C@@H]3CC[C@]12C. The number of ketones is 1. The average Bonchev–Trinajstić information content (AvgIpc) is 3.03. The first kappa shape index (κ1) is 21.8. The van der Waals surface area contributed by atoms with E-state index in [1.807, 2.05) is 0 Å².